The van der Waals surface area contributed by atoms with Crippen molar-refractivity contribution in [2.24, 2.45) is 0 Å². The summed E-state index contributed by atoms with van der Waals surface area (Å²) < 4.78 is 7.31. The summed E-state index contributed by atoms with van der Waals surface area (Å²) in [6.07, 6.45) is 1.07. The molecule has 2 heterocycles. The molecule has 0 bridgehead atoms. The van der Waals surface area contributed by atoms with E-state index in [1.807, 2.05) is 34.1 Å². The van der Waals surface area contributed by atoms with Gasteiger partial charge in [-0.25, -0.2) is 4.98 Å². The number of nitrogens with zero attached hydrogens (tertiary/aromatic N) is 2. The number of rotatable bonds is 4. The third-order valence-electron chi connectivity index (χ3n) is 3.36. The number of hydrogen-bond donors (Lipinski definition) is 1. The predicted octanol–water partition coefficient (Wildman–Crippen LogP) is 3.30. The van der Waals surface area contributed by atoms with E-state index in [9.17, 15) is 0 Å². The molecule has 0 unspecified atom stereocenters. The maximum Gasteiger partial charge on any atom is 0.201 e. The molecule has 0 saturated heterocycles. The van der Waals surface area contributed by atoms with Crippen LogP contribution in [0.3, 0.4) is 0 Å². The Morgan fingerprint density at radius 2 is 2.05 bits per heavy atom. The number of benzene rings is 1. The van der Waals surface area contributed by atoms with Crippen LogP contribution in [0.1, 0.15) is 16.7 Å². The Morgan fingerprint density at radius 1 is 1.25 bits per heavy atom. The van der Waals surface area contributed by atoms with Gasteiger partial charge in [-0.1, -0.05) is 6.92 Å². The van der Waals surface area contributed by atoms with Crippen molar-refractivity contribution in [3.8, 4) is 5.75 Å². The second-order valence-corrected chi connectivity index (χ2v) is 5.89. The fourth-order valence-electron chi connectivity index (χ4n) is 2.27. The predicted molar refractivity (Wildman–Crippen MR) is 83.5 cm³/mol. The molecule has 0 aliphatic rings. The van der Waals surface area contributed by atoms with Gasteiger partial charge in [0.2, 0.25) is 5.95 Å². The van der Waals surface area contributed by atoms with Crippen LogP contribution < -0.4 is 10.5 Å². The van der Waals surface area contributed by atoms with Crippen LogP contribution in [0.15, 0.2) is 30.3 Å². The zero-order chi connectivity index (χ0) is 14.1. The van der Waals surface area contributed by atoms with Crippen molar-refractivity contribution in [2.75, 3.05) is 12.8 Å². The Balaban J connectivity index is 2.03. The molecule has 2 aromatic heterocycles. The Bertz CT molecular complexity index is 745. The van der Waals surface area contributed by atoms with Gasteiger partial charge in [0.25, 0.3) is 0 Å². The second kappa shape index (κ2) is 5.17. The van der Waals surface area contributed by atoms with Crippen molar-refractivity contribution in [1.82, 2.24) is 9.55 Å². The van der Waals surface area contributed by atoms with Crippen molar-refractivity contribution in [3.05, 3.63) is 40.1 Å². The lowest BCUT2D eigenvalue weighted by molar-refractivity contribution is 0.415. The van der Waals surface area contributed by atoms with E-state index in [0.717, 1.165) is 29.7 Å². The first kappa shape index (κ1) is 13.0. The van der Waals surface area contributed by atoms with Crippen LogP contribution in [0, 0.1) is 0 Å². The van der Waals surface area contributed by atoms with Crippen molar-refractivity contribution < 1.29 is 4.74 Å². The van der Waals surface area contributed by atoms with Crippen LogP contribution in [0.25, 0.3) is 11.0 Å². The first-order valence-corrected chi connectivity index (χ1v) is 7.40. The van der Waals surface area contributed by atoms with Gasteiger partial charge in [0.15, 0.2) is 0 Å². The molecule has 0 aliphatic carbocycles. The summed E-state index contributed by atoms with van der Waals surface area (Å²) in [6.45, 7) is 2.92. The third-order valence-corrected chi connectivity index (χ3v) is 4.58. The van der Waals surface area contributed by atoms with Crippen LogP contribution >= 0.6 is 11.3 Å². The van der Waals surface area contributed by atoms with Crippen molar-refractivity contribution in [1.29, 1.82) is 0 Å². The number of anilines is 1. The molecule has 2 N–H and O–H groups in total. The molecular weight excluding hydrogens is 270 g/mol. The van der Waals surface area contributed by atoms with Crippen molar-refractivity contribution in [2.45, 2.75) is 19.9 Å². The molecule has 4 nitrogen and oxygen atoms in total. The van der Waals surface area contributed by atoms with E-state index in [1.165, 1.54) is 9.75 Å². The van der Waals surface area contributed by atoms with Gasteiger partial charge in [-0.2, -0.15) is 0 Å². The molecule has 0 aliphatic heterocycles. The smallest absolute Gasteiger partial charge is 0.201 e. The van der Waals surface area contributed by atoms with E-state index in [-0.39, 0.29) is 0 Å². The largest absolute Gasteiger partial charge is 0.497 e. The fourth-order valence-corrected chi connectivity index (χ4v) is 3.21. The molecule has 0 spiro atoms. The molecule has 0 fully saturated rings. The van der Waals surface area contributed by atoms with Gasteiger partial charge < -0.3 is 15.0 Å². The first-order valence-electron chi connectivity index (χ1n) is 6.58. The first-order chi connectivity index (χ1) is 9.71. The highest BCUT2D eigenvalue weighted by Gasteiger charge is 2.10. The number of nitrogens with two attached hydrogens (primary N) is 1. The zero-order valence-electron chi connectivity index (χ0n) is 11.6. The fraction of sp³-hybridized carbons (Fsp3) is 0.267. The van der Waals surface area contributed by atoms with Crippen molar-refractivity contribution >= 4 is 28.3 Å². The number of aromatic nitrogens is 2. The Kier molecular flexibility index (Phi) is 3.36. The molecule has 0 saturated carbocycles. The number of hydrogen-bond acceptors (Lipinski definition) is 4. The van der Waals surface area contributed by atoms with Gasteiger partial charge in [0, 0.05) is 15.8 Å². The number of aryl methyl sites for hydroxylation is 1. The topological polar surface area (TPSA) is 53.1 Å². The monoisotopic (exact) mass is 287 g/mol. The average Bonchev–Trinajstić information content (AvgIpc) is 3.04. The SMILES string of the molecule is CCc1ccc(Cn2c(N)nc3ccc(OC)cc32)s1. The minimum absolute atomic E-state index is 0.541. The van der Waals surface area contributed by atoms with E-state index in [1.54, 1.807) is 7.11 Å². The quantitative estimate of drug-likeness (QED) is 0.801. The lowest BCUT2D eigenvalue weighted by atomic mass is 10.3. The molecule has 104 valence electrons. The van der Waals surface area contributed by atoms with Crippen LogP contribution in [0.5, 0.6) is 5.75 Å². The van der Waals surface area contributed by atoms with Gasteiger partial charge in [0.1, 0.15) is 5.75 Å². The van der Waals surface area contributed by atoms with Crippen LogP contribution in [0.2, 0.25) is 0 Å². The summed E-state index contributed by atoms with van der Waals surface area (Å²) in [6, 6.07) is 10.2. The molecule has 5 heteroatoms. The standard InChI is InChI=1S/C15H17N3OS/c1-3-11-5-6-12(20-11)9-18-14-8-10(19-2)4-7-13(14)17-15(18)16/h4-8H,3,9H2,1-2H3,(H2,16,17). The number of nitrogen functional groups attached to an aromatic ring is 1. The molecular formula is C15H17N3OS. The van der Waals surface area contributed by atoms with Gasteiger partial charge in [0.05, 0.1) is 24.7 Å². The molecule has 0 amide bonds. The Morgan fingerprint density at radius 3 is 2.75 bits per heavy atom. The van der Waals surface area contributed by atoms with Gasteiger partial charge in [-0.15, -0.1) is 11.3 Å². The number of imidazole rings is 1. The highest BCUT2D eigenvalue weighted by atomic mass is 32.1. The summed E-state index contributed by atoms with van der Waals surface area (Å²) in [5, 5.41) is 0. The maximum absolute atomic E-state index is 6.05. The summed E-state index contributed by atoms with van der Waals surface area (Å²) >= 11 is 1.82. The normalized spacial score (nSPS) is 11.1. The maximum atomic E-state index is 6.05. The number of thiophene rings is 1. The summed E-state index contributed by atoms with van der Waals surface area (Å²) in [5.74, 6) is 1.36. The van der Waals surface area contributed by atoms with E-state index < -0.39 is 0 Å². The minimum atomic E-state index is 0.541. The second-order valence-electron chi connectivity index (χ2n) is 4.63. The lowest BCUT2D eigenvalue weighted by Gasteiger charge is -2.05. The van der Waals surface area contributed by atoms with Crippen LogP contribution in [-0.2, 0) is 13.0 Å². The van der Waals surface area contributed by atoms with Gasteiger partial charge in [-0.05, 0) is 30.7 Å². The Hall–Kier alpha value is -2.01. The number of methoxy groups -OCH3 is 1. The summed E-state index contributed by atoms with van der Waals surface area (Å²) in [7, 11) is 1.66. The molecule has 1 aromatic carbocycles. The van der Waals surface area contributed by atoms with Crippen molar-refractivity contribution in [3.63, 3.8) is 0 Å². The lowest BCUT2D eigenvalue weighted by Crippen LogP contribution is -2.03. The minimum Gasteiger partial charge on any atom is -0.497 e. The van der Waals surface area contributed by atoms with Crippen LogP contribution in [0.4, 0.5) is 5.95 Å². The third kappa shape index (κ3) is 2.25. The highest BCUT2D eigenvalue weighted by molar-refractivity contribution is 7.11. The highest BCUT2D eigenvalue weighted by Crippen LogP contribution is 2.26. The molecule has 0 atom stereocenters. The van der Waals surface area contributed by atoms with E-state index >= 15 is 0 Å². The van der Waals surface area contributed by atoms with Gasteiger partial charge in [-0.3, -0.25) is 0 Å². The Labute approximate surface area is 121 Å². The molecule has 0 radical (unpaired) electrons. The summed E-state index contributed by atoms with van der Waals surface area (Å²) in [4.78, 5) is 7.08. The molecule has 3 aromatic rings. The van der Waals surface area contributed by atoms with E-state index in [4.69, 9.17) is 10.5 Å². The molecule has 20 heavy (non-hydrogen) atoms. The number of fused-ring (bicyclic) bond motifs is 1. The van der Waals surface area contributed by atoms with E-state index in [0.29, 0.717) is 5.95 Å². The van der Waals surface area contributed by atoms with E-state index in [2.05, 4.69) is 24.0 Å². The number of ether oxygens (including phenoxy) is 1. The van der Waals surface area contributed by atoms with Crippen LogP contribution in [-0.4, -0.2) is 16.7 Å². The summed E-state index contributed by atoms with van der Waals surface area (Å²) in [5.41, 5.74) is 7.95. The zero-order valence-corrected chi connectivity index (χ0v) is 12.4. The average molecular weight is 287 g/mol. The molecule has 3 rings (SSSR count). The van der Waals surface area contributed by atoms with Gasteiger partial charge >= 0.3 is 0 Å².